The number of rotatable bonds is 3. The average molecular weight is 257 g/mol. The van der Waals surface area contributed by atoms with E-state index < -0.39 is 36.4 Å². The van der Waals surface area contributed by atoms with Crippen molar-refractivity contribution in [1.29, 1.82) is 0 Å². The van der Waals surface area contributed by atoms with Gasteiger partial charge in [0.05, 0.1) is 12.2 Å². The van der Waals surface area contributed by atoms with E-state index in [-0.39, 0.29) is 5.56 Å². The fraction of sp³-hybridized carbons (Fsp3) is 0.444. The summed E-state index contributed by atoms with van der Waals surface area (Å²) in [6.07, 6.45) is -7.32. The first-order chi connectivity index (χ1) is 7.76. The van der Waals surface area contributed by atoms with Crippen LogP contribution in [0, 0.1) is 6.92 Å². The summed E-state index contributed by atoms with van der Waals surface area (Å²) >= 11 is 0. The summed E-state index contributed by atoms with van der Waals surface area (Å²) in [5.41, 5.74) is -1.64. The van der Waals surface area contributed by atoms with Crippen molar-refractivity contribution in [3.8, 4) is 5.75 Å². The first-order valence-electron chi connectivity index (χ1n) is 4.39. The highest BCUT2D eigenvalue weighted by molar-refractivity contribution is 5.42. The van der Waals surface area contributed by atoms with Crippen LogP contribution >= 0.6 is 0 Å². The molecule has 0 unspecified atom stereocenters. The van der Waals surface area contributed by atoms with Crippen molar-refractivity contribution in [2.75, 3.05) is 0 Å². The van der Waals surface area contributed by atoms with Crippen LogP contribution in [0.15, 0.2) is 6.20 Å². The third-order valence-electron chi connectivity index (χ3n) is 1.93. The predicted molar refractivity (Wildman–Crippen MR) is 46.5 cm³/mol. The second-order valence-electron chi connectivity index (χ2n) is 3.14. The summed E-state index contributed by atoms with van der Waals surface area (Å²) in [6, 6.07) is 0. The number of aliphatic hydroxyl groups is 1. The molecule has 1 aromatic rings. The second-order valence-corrected chi connectivity index (χ2v) is 3.14. The highest BCUT2D eigenvalue weighted by atomic mass is 19.4. The third-order valence-corrected chi connectivity index (χ3v) is 1.93. The van der Waals surface area contributed by atoms with Gasteiger partial charge < -0.3 is 9.84 Å². The van der Waals surface area contributed by atoms with Crippen LogP contribution in [0.2, 0.25) is 0 Å². The number of hydrogen-bond acceptors (Lipinski definition) is 3. The Morgan fingerprint density at radius 3 is 2.41 bits per heavy atom. The van der Waals surface area contributed by atoms with Crippen LogP contribution in [0.25, 0.3) is 0 Å². The molecule has 3 nitrogen and oxygen atoms in total. The number of pyridine rings is 1. The van der Waals surface area contributed by atoms with Crippen LogP contribution in [0.4, 0.5) is 22.0 Å². The number of ether oxygens (including phenoxy) is 1. The molecular weight excluding hydrogens is 249 g/mol. The largest absolute Gasteiger partial charge is 0.573 e. The normalized spacial score (nSPS) is 12.0. The van der Waals surface area contributed by atoms with Crippen LogP contribution in [0.1, 0.15) is 23.2 Å². The Labute approximate surface area is 92.8 Å². The van der Waals surface area contributed by atoms with Gasteiger partial charge in [-0.3, -0.25) is 4.98 Å². The fourth-order valence-electron chi connectivity index (χ4n) is 1.25. The zero-order chi connectivity index (χ0) is 13.2. The molecule has 0 aliphatic carbocycles. The zero-order valence-corrected chi connectivity index (χ0v) is 8.55. The molecule has 0 bridgehead atoms. The van der Waals surface area contributed by atoms with Gasteiger partial charge in [-0.2, -0.15) is 0 Å². The fourth-order valence-corrected chi connectivity index (χ4v) is 1.25. The van der Waals surface area contributed by atoms with E-state index >= 15 is 0 Å². The number of aliphatic hydroxyl groups excluding tert-OH is 1. The lowest BCUT2D eigenvalue weighted by Gasteiger charge is -2.16. The average Bonchev–Trinajstić information content (AvgIpc) is 2.15. The van der Waals surface area contributed by atoms with Gasteiger partial charge >= 0.3 is 6.36 Å². The molecular formula is C9H8F5NO2. The summed E-state index contributed by atoms with van der Waals surface area (Å²) in [6.45, 7) is 0.254. The quantitative estimate of drug-likeness (QED) is 0.846. The standard InChI is InChI=1S/C9H8F5NO2/c1-4-2-15-5(3-16)7(6(4)8(10)11)17-9(12,13)14/h2,8,16H,3H2,1H3. The van der Waals surface area contributed by atoms with Gasteiger partial charge in [-0.1, -0.05) is 0 Å². The van der Waals surface area contributed by atoms with E-state index in [1.54, 1.807) is 0 Å². The van der Waals surface area contributed by atoms with E-state index in [0.717, 1.165) is 6.20 Å². The van der Waals surface area contributed by atoms with Crippen molar-refractivity contribution in [3.05, 3.63) is 23.0 Å². The van der Waals surface area contributed by atoms with E-state index in [2.05, 4.69) is 9.72 Å². The van der Waals surface area contributed by atoms with Crippen LogP contribution in [-0.2, 0) is 6.61 Å². The zero-order valence-electron chi connectivity index (χ0n) is 8.55. The molecule has 0 aliphatic heterocycles. The Bertz CT molecular complexity index is 405. The molecule has 0 radical (unpaired) electrons. The van der Waals surface area contributed by atoms with Crippen LogP contribution in [0.3, 0.4) is 0 Å². The molecule has 0 fully saturated rings. The number of aromatic nitrogens is 1. The number of halogens is 5. The van der Waals surface area contributed by atoms with Crippen LogP contribution in [0.5, 0.6) is 5.75 Å². The lowest BCUT2D eigenvalue weighted by atomic mass is 10.1. The van der Waals surface area contributed by atoms with Crippen molar-refractivity contribution in [1.82, 2.24) is 4.98 Å². The molecule has 0 atom stereocenters. The van der Waals surface area contributed by atoms with E-state index in [1.807, 2.05) is 0 Å². The number of nitrogens with zero attached hydrogens (tertiary/aromatic N) is 1. The summed E-state index contributed by atoms with van der Waals surface area (Å²) < 4.78 is 64.9. The molecule has 8 heteroatoms. The van der Waals surface area contributed by atoms with Crippen LogP contribution in [-0.4, -0.2) is 16.5 Å². The van der Waals surface area contributed by atoms with Gasteiger partial charge in [0.2, 0.25) is 0 Å². The van der Waals surface area contributed by atoms with Crippen molar-refractivity contribution < 1.29 is 31.8 Å². The molecule has 0 aromatic carbocycles. The highest BCUT2D eigenvalue weighted by Crippen LogP contribution is 2.36. The molecule has 0 spiro atoms. The first-order valence-corrected chi connectivity index (χ1v) is 4.39. The minimum Gasteiger partial charge on any atom is -0.403 e. The monoisotopic (exact) mass is 257 g/mol. The smallest absolute Gasteiger partial charge is 0.403 e. The van der Waals surface area contributed by atoms with Crippen molar-refractivity contribution >= 4 is 0 Å². The molecule has 1 aromatic heterocycles. The van der Waals surface area contributed by atoms with Gasteiger partial charge in [0.1, 0.15) is 5.69 Å². The Hall–Kier alpha value is -1.44. The van der Waals surface area contributed by atoms with Crippen molar-refractivity contribution in [2.45, 2.75) is 26.3 Å². The van der Waals surface area contributed by atoms with Gasteiger partial charge in [-0.25, -0.2) is 8.78 Å². The lowest BCUT2D eigenvalue weighted by molar-refractivity contribution is -0.275. The molecule has 0 saturated heterocycles. The maximum Gasteiger partial charge on any atom is 0.573 e. The Balaban J connectivity index is 3.35. The van der Waals surface area contributed by atoms with Gasteiger partial charge in [-0.05, 0) is 12.5 Å². The number of hydrogen-bond donors (Lipinski definition) is 1. The van der Waals surface area contributed by atoms with Crippen LogP contribution < -0.4 is 4.74 Å². The van der Waals surface area contributed by atoms with Gasteiger partial charge in [-0.15, -0.1) is 13.2 Å². The van der Waals surface area contributed by atoms with E-state index in [0.29, 0.717) is 0 Å². The minimum atomic E-state index is -5.12. The maximum atomic E-state index is 12.6. The van der Waals surface area contributed by atoms with Gasteiger partial charge in [0.15, 0.2) is 5.75 Å². The predicted octanol–water partition coefficient (Wildman–Crippen LogP) is 2.72. The first kappa shape index (κ1) is 13.6. The van der Waals surface area contributed by atoms with Crippen molar-refractivity contribution in [3.63, 3.8) is 0 Å². The SMILES string of the molecule is Cc1cnc(CO)c(OC(F)(F)F)c1C(F)F. The Morgan fingerprint density at radius 2 is 2.00 bits per heavy atom. The second kappa shape index (κ2) is 4.82. The summed E-state index contributed by atoms with van der Waals surface area (Å²) in [5.74, 6) is -1.13. The molecule has 1 N–H and O–H groups in total. The van der Waals surface area contributed by atoms with Crippen molar-refractivity contribution in [2.24, 2.45) is 0 Å². The number of alkyl halides is 5. The molecule has 0 aliphatic rings. The molecule has 0 saturated carbocycles. The Morgan fingerprint density at radius 1 is 1.41 bits per heavy atom. The maximum absolute atomic E-state index is 12.6. The topological polar surface area (TPSA) is 42.4 Å². The summed E-state index contributed by atoms with van der Waals surface area (Å²) in [5, 5.41) is 8.76. The molecule has 96 valence electrons. The molecule has 1 rings (SSSR count). The van der Waals surface area contributed by atoms with E-state index in [1.165, 1.54) is 6.92 Å². The minimum absolute atomic E-state index is 0.142. The molecule has 0 amide bonds. The van der Waals surface area contributed by atoms with E-state index in [4.69, 9.17) is 5.11 Å². The van der Waals surface area contributed by atoms with Gasteiger partial charge in [0.25, 0.3) is 6.43 Å². The highest BCUT2D eigenvalue weighted by Gasteiger charge is 2.35. The third kappa shape index (κ3) is 3.26. The summed E-state index contributed by atoms with van der Waals surface area (Å²) in [4.78, 5) is 3.42. The molecule has 1 heterocycles. The van der Waals surface area contributed by atoms with Gasteiger partial charge in [0, 0.05) is 6.20 Å². The molecule has 17 heavy (non-hydrogen) atoms. The Kier molecular flexibility index (Phi) is 3.87. The summed E-state index contributed by atoms with van der Waals surface area (Å²) in [7, 11) is 0. The number of aryl methyl sites for hydroxylation is 1. The lowest BCUT2D eigenvalue weighted by Crippen LogP contribution is -2.20. The van der Waals surface area contributed by atoms with E-state index in [9.17, 15) is 22.0 Å².